The minimum atomic E-state index is -0.250. The molecule has 2 aromatic rings. The molecule has 1 N–H and O–H groups in total. The zero-order valence-corrected chi connectivity index (χ0v) is 12.3. The average molecular weight is 317 g/mol. The van der Waals surface area contributed by atoms with Crippen LogP contribution in [0.5, 0.6) is 0 Å². The van der Waals surface area contributed by atoms with Crippen molar-refractivity contribution in [2.24, 2.45) is 4.99 Å². The number of amides is 1. The van der Waals surface area contributed by atoms with Crippen molar-refractivity contribution in [2.75, 3.05) is 0 Å². The van der Waals surface area contributed by atoms with E-state index >= 15 is 0 Å². The van der Waals surface area contributed by atoms with Crippen LogP contribution in [0.15, 0.2) is 59.2 Å². The normalized spacial score (nSPS) is 16.0. The molecular weight excluding hydrogens is 307 g/mol. The summed E-state index contributed by atoms with van der Waals surface area (Å²) in [6.45, 7) is 0. The van der Waals surface area contributed by atoms with E-state index in [0.717, 1.165) is 5.56 Å². The number of hydrogen-bond donors (Lipinski definition) is 1. The topological polar surface area (TPSA) is 41.5 Å². The van der Waals surface area contributed by atoms with Gasteiger partial charge in [-0.2, -0.15) is 0 Å². The predicted molar refractivity (Wildman–Crippen MR) is 85.6 cm³/mol. The van der Waals surface area contributed by atoms with Crippen molar-refractivity contribution < 1.29 is 4.79 Å². The van der Waals surface area contributed by atoms with Crippen molar-refractivity contribution in [3.05, 3.63) is 75.4 Å². The summed E-state index contributed by atoms with van der Waals surface area (Å²) in [6.07, 6.45) is 1.73. The number of carbonyl (C=O) groups is 1. The summed E-state index contributed by atoms with van der Waals surface area (Å²) >= 11 is 12.0. The summed E-state index contributed by atoms with van der Waals surface area (Å²) in [7, 11) is 0. The molecule has 0 spiro atoms. The smallest absolute Gasteiger partial charge is 0.275 e. The lowest BCUT2D eigenvalue weighted by molar-refractivity contribution is -0.115. The van der Waals surface area contributed by atoms with Gasteiger partial charge in [0, 0.05) is 10.6 Å². The molecule has 2 aromatic carbocycles. The van der Waals surface area contributed by atoms with Crippen LogP contribution in [0.1, 0.15) is 11.1 Å². The number of hydrogen-bond acceptors (Lipinski definition) is 2. The fourth-order valence-electron chi connectivity index (χ4n) is 1.98. The maximum Gasteiger partial charge on any atom is 0.275 e. The number of benzene rings is 2. The van der Waals surface area contributed by atoms with Crippen molar-refractivity contribution >= 4 is 41.0 Å². The maximum absolute atomic E-state index is 12.0. The van der Waals surface area contributed by atoms with Gasteiger partial charge < -0.3 is 5.32 Å². The van der Waals surface area contributed by atoms with E-state index in [9.17, 15) is 4.79 Å². The largest absolute Gasteiger partial charge is 0.305 e. The number of carbonyl (C=O) groups excluding carboxylic acids is 1. The van der Waals surface area contributed by atoms with Gasteiger partial charge in [-0.05, 0) is 29.8 Å². The van der Waals surface area contributed by atoms with Crippen LogP contribution in [-0.4, -0.2) is 11.7 Å². The molecule has 0 unspecified atom stereocenters. The Kier molecular flexibility index (Phi) is 3.78. The third-order valence-corrected chi connectivity index (χ3v) is 3.53. The Balaban J connectivity index is 1.97. The minimum Gasteiger partial charge on any atom is -0.305 e. The Hall–Kier alpha value is -2.10. The Morgan fingerprint density at radius 1 is 1.05 bits per heavy atom. The highest BCUT2D eigenvalue weighted by Crippen LogP contribution is 2.23. The predicted octanol–water partition coefficient (Wildman–Crippen LogP) is 3.91. The Morgan fingerprint density at radius 3 is 2.52 bits per heavy atom. The summed E-state index contributed by atoms with van der Waals surface area (Å²) in [4.78, 5) is 16.3. The van der Waals surface area contributed by atoms with E-state index in [0.29, 0.717) is 27.1 Å². The molecule has 0 atom stereocenters. The van der Waals surface area contributed by atoms with E-state index < -0.39 is 0 Å². The third-order valence-electron chi connectivity index (χ3n) is 2.99. The minimum absolute atomic E-state index is 0.250. The van der Waals surface area contributed by atoms with Crippen LogP contribution in [0.3, 0.4) is 0 Å². The zero-order chi connectivity index (χ0) is 14.8. The molecule has 104 valence electrons. The first-order valence-electron chi connectivity index (χ1n) is 6.26. The van der Waals surface area contributed by atoms with Gasteiger partial charge in [-0.15, -0.1) is 0 Å². The van der Waals surface area contributed by atoms with Crippen LogP contribution < -0.4 is 5.32 Å². The van der Waals surface area contributed by atoms with Gasteiger partial charge in [-0.3, -0.25) is 4.79 Å². The standard InChI is InChI=1S/C16H10Cl2N2O/c17-11-6-7-12(13(18)9-11)15-19-14(16(21)20-15)8-10-4-2-1-3-5-10/h1-9H,(H,19,20,21). The molecule has 5 heteroatoms. The second kappa shape index (κ2) is 5.72. The van der Waals surface area contributed by atoms with E-state index in [1.807, 2.05) is 30.3 Å². The molecule has 1 amide bonds. The highest BCUT2D eigenvalue weighted by Gasteiger charge is 2.22. The Morgan fingerprint density at radius 2 is 1.81 bits per heavy atom. The number of nitrogens with one attached hydrogen (secondary N) is 1. The van der Waals surface area contributed by atoms with Crippen molar-refractivity contribution in [2.45, 2.75) is 0 Å². The Bertz CT molecular complexity index is 767. The number of aliphatic imine (C=N–C) groups is 1. The van der Waals surface area contributed by atoms with Crippen LogP contribution in [0, 0.1) is 0 Å². The molecule has 0 radical (unpaired) electrons. The van der Waals surface area contributed by atoms with E-state index in [4.69, 9.17) is 23.2 Å². The summed E-state index contributed by atoms with van der Waals surface area (Å²) in [5, 5.41) is 3.70. The van der Waals surface area contributed by atoms with Gasteiger partial charge in [0.05, 0.1) is 5.02 Å². The van der Waals surface area contributed by atoms with Crippen LogP contribution in [0.2, 0.25) is 10.0 Å². The fourth-order valence-corrected chi connectivity index (χ4v) is 2.48. The number of nitrogens with zero attached hydrogens (tertiary/aromatic N) is 1. The molecule has 0 bridgehead atoms. The first-order valence-corrected chi connectivity index (χ1v) is 7.01. The molecule has 0 saturated carbocycles. The van der Waals surface area contributed by atoms with Gasteiger partial charge in [-0.25, -0.2) is 4.99 Å². The molecule has 0 fully saturated rings. The van der Waals surface area contributed by atoms with Crippen molar-refractivity contribution in [1.82, 2.24) is 5.32 Å². The quantitative estimate of drug-likeness (QED) is 0.838. The SMILES string of the molecule is O=C1NC(c2ccc(Cl)cc2Cl)=NC1=Cc1ccccc1. The van der Waals surface area contributed by atoms with Crippen LogP contribution >= 0.6 is 23.2 Å². The number of amidine groups is 1. The lowest BCUT2D eigenvalue weighted by atomic mass is 10.2. The lowest BCUT2D eigenvalue weighted by Crippen LogP contribution is -2.24. The van der Waals surface area contributed by atoms with Crippen molar-refractivity contribution in [3.8, 4) is 0 Å². The van der Waals surface area contributed by atoms with Crippen LogP contribution in [-0.2, 0) is 4.79 Å². The monoisotopic (exact) mass is 316 g/mol. The van der Waals surface area contributed by atoms with Crippen LogP contribution in [0.25, 0.3) is 6.08 Å². The third kappa shape index (κ3) is 2.99. The highest BCUT2D eigenvalue weighted by molar-refractivity contribution is 6.37. The van der Waals surface area contributed by atoms with Gasteiger partial charge in [0.25, 0.3) is 5.91 Å². The second-order valence-electron chi connectivity index (χ2n) is 4.48. The summed E-state index contributed by atoms with van der Waals surface area (Å²) in [5.41, 5.74) is 1.91. The summed E-state index contributed by atoms with van der Waals surface area (Å²) in [6, 6.07) is 14.6. The molecule has 0 saturated heterocycles. The van der Waals surface area contributed by atoms with E-state index in [1.54, 1.807) is 24.3 Å². The average Bonchev–Trinajstić information content (AvgIpc) is 2.81. The van der Waals surface area contributed by atoms with Crippen molar-refractivity contribution in [1.29, 1.82) is 0 Å². The van der Waals surface area contributed by atoms with Gasteiger partial charge >= 0.3 is 0 Å². The first-order chi connectivity index (χ1) is 10.1. The molecule has 3 nitrogen and oxygen atoms in total. The van der Waals surface area contributed by atoms with E-state index in [2.05, 4.69) is 10.3 Å². The first kappa shape index (κ1) is 13.9. The van der Waals surface area contributed by atoms with Gasteiger partial charge in [-0.1, -0.05) is 53.5 Å². The summed E-state index contributed by atoms with van der Waals surface area (Å²) < 4.78 is 0. The molecular formula is C16H10Cl2N2O. The van der Waals surface area contributed by atoms with E-state index in [-0.39, 0.29) is 5.91 Å². The molecule has 1 aliphatic rings. The molecule has 3 rings (SSSR count). The van der Waals surface area contributed by atoms with Crippen LogP contribution in [0.4, 0.5) is 0 Å². The van der Waals surface area contributed by atoms with Gasteiger partial charge in [0.2, 0.25) is 0 Å². The zero-order valence-electron chi connectivity index (χ0n) is 10.8. The number of rotatable bonds is 2. The maximum atomic E-state index is 12.0. The molecule has 0 aliphatic carbocycles. The van der Waals surface area contributed by atoms with Crippen molar-refractivity contribution in [3.63, 3.8) is 0 Å². The van der Waals surface area contributed by atoms with Gasteiger partial charge in [0.15, 0.2) is 0 Å². The molecule has 0 aromatic heterocycles. The highest BCUT2D eigenvalue weighted by atomic mass is 35.5. The molecule has 1 heterocycles. The van der Waals surface area contributed by atoms with E-state index in [1.165, 1.54) is 0 Å². The molecule has 1 aliphatic heterocycles. The van der Waals surface area contributed by atoms with Gasteiger partial charge in [0.1, 0.15) is 11.5 Å². The molecule has 21 heavy (non-hydrogen) atoms. The number of halogens is 2. The fraction of sp³-hybridized carbons (Fsp3) is 0. The Labute approximate surface area is 131 Å². The lowest BCUT2D eigenvalue weighted by Gasteiger charge is -2.03. The second-order valence-corrected chi connectivity index (χ2v) is 5.32. The summed E-state index contributed by atoms with van der Waals surface area (Å²) in [5.74, 6) is 0.184.